The van der Waals surface area contributed by atoms with Crippen LogP contribution in [0.25, 0.3) is 0 Å². The van der Waals surface area contributed by atoms with Crippen LogP contribution in [0, 0.1) is 11.8 Å². The summed E-state index contributed by atoms with van der Waals surface area (Å²) in [5.41, 5.74) is 0. The van der Waals surface area contributed by atoms with Crippen LogP contribution in [0.1, 0.15) is 40.5 Å². The average molecular weight is 308 g/mol. The molecule has 0 aliphatic carbocycles. The maximum atomic E-state index is 9.70. The van der Waals surface area contributed by atoms with E-state index in [0.717, 1.165) is 0 Å². The minimum Gasteiger partial charge on any atom is -0.550 e. The van der Waals surface area contributed by atoms with Crippen LogP contribution in [0.4, 0.5) is 0 Å². The molecule has 0 radical (unpaired) electrons. The van der Waals surface area contributed by atoms with Gasteiger partial charge in [-0.3, -0.25) is 0 Å². The van der Waals surface area contributed by atoms with Crippen LogP contribution in [0.15, 0.2) is 0 Å². The average Bonchev–Trinajstić information content (AvgIpc) is 1.79. The summed E-state index contributed by atoms with van der Waals surface area (Å²) < 4.78 is 0. The normalized spacial score (nSPS) is 8.38. The first-order valence-electron chi connectivity index (χ1n) is 4.65. The maximum Gasteiger partial charge on any atom is 2.00 e. The van der Waals surface area contributed by atoms with E-state index in [1.54, 1.807) is 0 Å². The second kappa shape index (κ2) is 15.4. The molecular weight excluding hydrogens is 288 g/mol. The molecule has 0 unspecified atom stereocenters. The molecule has 0 bridgehead atoms. The van der Waals surface area contributed by atoms with Crippen LogP contribution in [0.3, 0.4) is 0 Å². The molecule has 0 spiro atoms. The van der Waals surface area contributed by atoms with E-state index < -0.39 is 11.9 Å². The topological polar surface area (TPSA) is 112 Å². The van der Waals surface area contributed by atoms with Crippen LogP contribution in [-0.2, 0) is 9.59 Å². The van der Waals surface area contributed by atoms with Crippen molar-refractivity contribution < 1.29 is 25.3 Å². The van der Waals surface area contributed by atoms with Gasteiger partial charge in [0.15, 0.2) is 0 Å². The predicted octanol–water partition coefficient (Wildman–Crippen LogP) is -1.64. The van der Waals surface area contributed by atoms with Gasteiger partial charge >= 0.3 is 45.5 Å². The monoisotopic (exact) mass is 308 g/mol. The summed E-state index contributed by atoms with van der Waals surface area (Å²) in [7, 11) is 0. The zero-order chi connectivity index (χ0) is 11.7. The van der Waals surface area contributed by atoms with E-state index in [-0.39, 0.29) is 75.6 Å². The van der Waals surface area contributed by atoms with Crippen molar-refractivity contribution in [2.24, 2.45) is 11.8 Å². The van der Waals surface area contributed by atoms with E-state index in [4.69, 9.17) is 0 Å². The summed E-state index contributed by atoms with van der Waals surface area (Å²) >= 11 is 0. The van der Waals surface area contributed by atoms with Gasteiger partial charge in [0.25, 0.3) is 0 Å². The summed E-state index contributed by atoms with van der Waals surface area (Å²) in [4.78, 5) is 19.4. The Balaban J connectivity index is -0.0000000800. The molecule has 16 heavy (non-hydrogen) atoms. The van der Waals surface area contributed by atoms with Crippen molar-refractivity contribution in [1.29, 1.82) is 0 Å². The molecule has 0 rings (SSSR count). The van der Waals surface area contributed by atoms with Crippen molar-refractivity contribution in [1.82, 2.24) is 0 Å². The van der Waals surface area contributed by atoms with E-state index in [1.165, 1.54) is 0 Å². The van der Waals surface area contributed by atoms with Crippen LogP contribution >= 0.6 is 0 Å². The molecule has 0 aliphatic rings. The number of carboxylic acids is 2. The van der Waals surface area contributed by atoms with Gasteiger partial charge in [-0.1, -0.05) is 27.7 Å². The Bertz CT molecular complexity index is 160. The van der Waals surface area contributed by atoms with Crippen LogP contribution in [-0.4, -0.2) is 62.9 Å². The van der Waals surface area contributed by atoms with Crippen molar-refractivity contribution in [3.8, 4) is 0 Å². The summed E-state index contributed by atoms with van der Waals surface area (Å²) in [6.45, 7) is 7.37. The van der Waals surface area contributed by atoms with Gasteiger partial charge in [-0.25, -0.2) is 0 Å². The molecular formula is C10H20O5Sr. The van der Waals surface area contributed by atoms with E-state index in [9.17, 15) is 19.8 Å². The van der Waals surface area contributed by atoms with Crippen molar-refractivity contribution in [3.63, 3.8) is 0 Å². The molecule has 0 atom stereocenters. The second-order valence-corrected chi connectivity index (χ2v) is 3.94. The SMILES string of the molecule is CC(C)CC(=O)[O-].CC(C)CC(=O)[O-].O.[Sr+2]. The first-order valence-corrected chi connectivity index (χ1v) is 4.65. The first-order chi connectivity index (χ1) is 6.25. The third-order valence-electron chi connectivity index (χ3n) is 1.15. The molecule has 92 valence electrons. The molecule has 0 amide bonds. The Morgan fingerprint density at radius 3 is 1.06 bits per heavy atom. The Morgan fingerprint density at radius 1 is 0.875 bits per heavy atom. The predicted molar refractivity (Wildman–Crippen MR) is 58.3 cm³/mol. The standard InChI is InChI=1S/2C5H10O2.H2O.Sr/c2*1-4(2)3-5(6)7;;/h2*4H,3H2,1-2H3,(H,6,7);1H2;/q;;;+2/p-2. The van der Waals surface area contributed by atoms with Crippen molar-refractivity contribution >= 4 is 57.4 Å². The Labute approximate surface area is 134 Å². The first kappa shape index (κ1) is 25.3. The molecule has 0 aromatic heterocycles. The van der Waals surface area contributed by atoms with E-state index in [1.807, 2.05) is 27.7 Å². The van der Waals surface area contributed by atoms with Gasteiger partial charge in [-0.2, -0.15) is 0 Å². The zero-order valence-electron chi connectivity index (χ0n) is 10.4. The van der Waals surface area contributed by atoms with Crippen molar-refractivity contribution in [3.05, 3.63) is 0 Å². The summed E-state index contributed by atoms with van der Waals surface area (Å²) in [6.07, 6.45) is 0.333. The van der Waals surface area contributed by atoms with Gasteiger partial charge < -0.3 is 25.3 Å². The molecule has 0 fully saturated rings. The molecule has 5 nitrogen and oxygen atoms in total. The summed E-state index contributed by atoms with van der Waals surface area (Å²) in [6, 6.07) is 0. The number of hydrogen-bond donors (Lipinski definition) is 0. The zero-order valence-corrected chi connectivity index (χ0v) is 13.9. The maximum absolute atomic E-state index is 9.70. The third kappa shape index (κ3) is 36.7. The second-order valence-electron chi connectivity index (χ2n) is 3.94. The summed E-state index contributed by atoms with van der Waals surface area (Å²) in [5.74, 6) is -1.50. The van der Waals surface area contributed by atoms with Crippen molar-refractivity contribution in [2.75, 3.05) is 0 Å². The fourth-order valence-electron chi connectivity index (χ4n) is 0.667. The van der Waals surface area contributed by atoms with Crippen LogP contribution in [0.2, 0.25) is 0 Å². The minimum atomic E-state index is -0.963. The molecule has 0 saturated heterocycles. The van der Waals surface area contributed by atoms with Gasteiger partial charge in [-0.05, 0) is 24.7 Å². The van der Waals surface area contributed by atoms with Gasteiger partial charge in [-0.15, -0.1) is 0 Å². The number of rotatable bonds is 4. The smallest absolute Gasteiger partial charge is 0.550 e. The third-order valence-corrected chi connectivity index (χ3v) is 1.15. The van der Waals surface area contributed by atoms with E-state index >= 15 is 0 Å². The van der Waals surface area contributed by atoms with E-state index in [0.29, 0.717) is 0 Å². The Hall–Kier alpha value is 0.381. The van der Waals surface area contributed by atoms with Gasteiger partial charge in [0.1, 0.15) is 0 Å². The van der Waals surface area contributed by atoms with Crippen LogP contribution in [0.5, 0.6) is 0 Å². The quantitative estimate of drug-likeness (QED) is 0.580. The molecule has 0 aromatic carbocycles. The molecule has 6 heteroatoms. The largest absolute Gasteiger partial charge is 2.00 e. The van der Waals surface area contributed by atoms with Gasteiger partial charge in [0.05, 0.1) is 0 Å². The Kier molecular flexibility index (Phi) is 24.3. The number of hydrogen-bond acceptors (Lipinski definition) is 4. The molecule has 2 N–H and O–H groups in total. The van der Waals surface area contributed by atoms with Gasteiger partial charge in [0.2, 0.25) is 0 Å². The molecule has 0 heterocycles. The molecule has 0 saturated carbocycles. The number of aliphatic carboxylic acids is 2. The van der Waals surface area contributed by atoms with Crippen LogP contribution < -0.4 is 10.2 Å². The summed E-state index contributed by atoms with van der Waals surface area (Å²) in [5, 5.41) is 19.4. The number of carbonyl (C=O) groups excluding carboxylic acids is 2. The molecule has 0 aliphatic heterocycles. The van der Waals surface area contributed by atoms with Gasteiger partial charge in [0, 0.05) is 11.9 Å². The fraction of sp³-hybridized carbons (Fsp3) is 0.800. The van der Waals surface area contributed by atoms with E-state index in [2.05, 4.69) is 0 Å². The number of carbonyl (C=O) groups is 2. The molecule has 0 aromatic rings. The Morgan fingerprint density at radius 2 is 1.06 bits per heavy atom. The fourth-order valence-corrected chi connectivity index (χ4v) is 0.667. The number of carboxylic acid groups (broad SMARTS) is 2. The van der Waals surface area contributed by atoms with Crippen molar-refractivity contribution in [2.45, 2.75) is 40.5 Å². The minimum absolute atomic E-state index is 0.